The zero-order chi connectivity index (χ0) is 21.0. The van der Waals surface area contributed by atoms with Crippen LogP contribution in [0.5, 0.6) is 5.75 Å². The van der Waals surface area contributed by atoms with Gasteiger partial charge in [0.05, 0.1) is 5.56 Å². The maximum atomic E-state index is 14.4. The smallest absolute Gasteiger partial charge is 0.375 e. The van der Waals surface area contributed by atoms with Gasteiger partial charge in [0.25, 0.3) is 0 Å². The number of esters is 1. The summed E-state index contributed by atoms with van der Waals surface area (Å²) in [5.41, 5.74) is 0.752. The zero-order valence-corrected chi connectivity index (χ0v) is 15.9. The number of carbonyl (C=O) groups excluding carboxylic acids is 1. The average Bonchev–Trinajstić information content (AvgIpc) is 2.73. The van der Waals surface area contributed by atoms with Crippen LogP contribution in [0.15, 0.2) is 48.3 Å². The molecule has 1 saturated carbocycles. The number of nitriles is 1. The Bertz CT molecular complexity index is 969. The predicted octanol–water partition coefficient (Wildman–Crippen LogP) is 6.20. The Hall–Kier alpha value is -3.07. The Balaban J connectivity index is 1.71. The second-order valence-corrected chi connectivity index (χ2v) is 7.35. The third-order valence-corrected chi connectivity index (χ3v) is 5.29. The molecule has 6 heteroatoms. The van der Waals surface area contributed by atoms with Gasteiger partial charge in [-0.25, -0.2) is 13.6 Å². The second kappa shape index (κ2) is 8.95. The third kappa shape index (κ3) is 4.86. The van der Waals surface area contributed by atoms with Crippen molar-refractivity contribution < 1.29 is 22.7 Å². The van der Waals surface area contributed by atoms with Gasteiger partial charge >= 0.3 is 5.97 Å². The van der Waals surface area contributed by atoms with E-state index in [1.54, 1.807) is 18.2 Å². The van der Waals surface area contributed by atoms with E-state index in [0.717, 1.165) is 55.4 Å². The highest BCUT2D eigenvalue weighted by Gasteiger charge is 2.22. The fourth-order valence-electron chi connectivity index (χ4n) is 3.51. The molecule has 150 valence electrons. The molecule has 3 rings (SSSR count). The van der Waals surface area contributed by atoms with Gasteiger partial charge in [0, 0.05) is 11.6 Å². The lowest BCUT2D eigenvalue weighted by atomic mass is 9.79. The number of hydrogen-bond donors (Lipinski definition) is 0. The molecule has 29 heavy (non-hydrogen) atoms. The van der Waals surface area contributed by atoms with Crippen LogP contribution in [0.1, 0.15) is 55.2 Å². The lowest BCUT2D eigenvalue weighted by Gasteiger charge is -2.26. The van der Waals surface area contributed by atoms with Crippen molar-refractivity contribution >= 4 is 11.8 Å². The molecule has 0 N–H and O–H groups in total. The molecule has 1 aliphatic carbocycles. The van der Waals surface area contributed by atoms with Crippen molar-refractivity contribution in [2.45, 2.75) is 38.5 Å². The van der Waals surface area contributed by atoms with Crippen LogP contribution in [0.3, 0.4) is 0 Å². The summed E-state index contributed by atoms with van der Waals surface area (Å²) in [5.74, 6) is -4.73. The highest BCUT2D eigenvalue weighted by Crippen LogP contribution is 2.36. The molecular weight excluding hydrogens is 379 g/mol. The van der Waals surface area contributed by atoms with Crippen LogP contribution < -0.4 is 4.74 Å². The first-order chi connectivity index (χ1) is 13.9. The Labute approximate surface area is 167 Å². The molecule has 1 fully saturated rings. The van der Waals surface area contributed by atoms with E-state index in [1.807, 2.05) is 0 Å². The Morgan fingerprint density at radius 1 is 1.07 bits per heavy atom. The van der Waals surface area contributed by atoms with E-state index in [0.29, 0.717) is 5.92 Å². The van der Waals surface area contributed by atoms with Gasteiger partial charge in [-0.2, -0.15) is 9.65 Å². The van der Waals surface area contributed by atoms with Gasteiger partial charge in [-0.05, 0) is 42.4 Å². The fraction of sp³-hybridized carbons (Fsp3) is 0.304. The number of rotatable bonds is 4. The van der Waals surface area contributed by atoms with E-state index in [4.69, 9.17) is 5.26 Å². The van der Waals surface area contributed by atoms with E-state index in [1.165, 1.54) is 12.1 Å². The van der Waals surface area contributed by atoms with Crippen LogP contribution in [0.25, 0.3) is 5.83 Å². The molecular formula is C23H20F3NO2. The monoisotopic (exact) mass is 399 g/mol. The lowest BCUT2D eigenvalue weighted by Crippen LogP contribution is -2.11. The molecule has 0 bridgehead atoms. The summed E-state index contributed by atoms with van der Waals surface area (Å²) in [5, 5.41) is 8.68. The van der Waals surface area contributed by atoms with Crippen molar-refractivity contribution in [3.05, 3.63) is 70.8 Å². The second-order valence-electron chi connectivity index (χ2n) is 7.35. The SMILES string of the molecule is CC1CCC(c2ccc(C(F)=C(F)C(=O)Oc3ccc(C#N)c(F)c3)cc2)CC1. The van der Waals surface area contributed by atoms with Crippen LogP contribution in [0.2, 0.25) is 0 Å². The van der Waals surface area contributed by atoms with E-state index in [2.05, 4.69) is 11.7 Å². The van der Waals surface area contributed by atoms with Crippen molar-refractivity contribution in [3.63, 3.8) is 0 Å². The summed E-state index contributed by atoms with van der Waals surface area (Å²) in [6, 6.07) is 11.0. The molecule has 3 nitrogen and oxygen atoms in total. The molecule has 0 heterocycles. The minimum absolute atomic E-state index is 0.0709. The van der Waals surface area contributed by atoms with Gasteiger partial charge in [0.2, 0.25) is 5.83 Å². The first kappa shape index (κ1) is 20.7. The van der Waals surface area contributed by atoms with E-state index in [9.17, 15) is 18.0 Å². The number of hydrogen-bond acceptors (Lipinski definition) is 3. The third-order valence-electron chi connectivity index (χ3n) is 5.29. The minimum Gasteiger partial charge on any atom is -0.421 e. The van der Waals surface area contributed by atoms with Gasteiger partial charge in [-0.1, -0.05) is 44.0 Å². The number of carbonyl (C=O) groups is 1. The Kier molecular flexibility index (Phi) is 6.38. The summed E-state index contributed by atoms with van der Waals surface area (Å²) in [7, 11) is 0. The van der Waals surface area contributed by atoms with Gasteiger partial charge < -0.3 is 4.74 Å². The van der Waals surface area contributed by atoms with Crippen molar-refractivity contribution in [1.29, 1.82) is 5.26 Å². The molecule has 2 aromatic rings. The summed E-state index contributed by atoms with van der Waals surface area (Å²) in [4.78, 5) is 11.9. The maximum Gasteiger partial charge on any atom is 0.375 e. The van der Waals surface area contributed by atoms with Crippen molar-refractivity contribution in [1.82, 2.24) is 0 Å². The summed E-state index contributed by atoms with van der Waals surface area (Å²) >= 11 is 0. The van der Waals surface area contributed by atoms with E-state index in [-0.39, 0.29) is 16.9 Å². The highest BCUT2D eigenvalue weighted by atomic mass is 19.2. The number of benzene rings is 2. The molecule has 0 amide bonds. The topological polar surface area (TPSA) is 50.1 Å². The van der Waals surface area contributed by atoms with Crippen molar-refractivity contribution in [3.8, 4) is 11.8 Å². The largest absolute Gasteiger partial charge is 0.421 e. The van der Waals surface area contributed by atoms with E-state index < -0.39 is 23.4 Å². The van der Waals surface area contributed by atoms with Gasteiger partial charge in [0.15, 0.2) is 5.83 Å². The summed E-state index contributed by atoms with van der Waals surface area (Å²) in [6.45, 7) is 2.23. The fourth-order valence-corrected chi connectivity index (χ4v) is 3.51. The Morgan fingerprint density at radius 3 is 2.31 bits per heavy atom. The minimum atomic E-state index is -1.70. The predicted molar refractivity (Wildman–Crippen MR) is 103 cm³/mol. The normalized spacial score (nSPS) is 19.8. The van der Waals surface area contributed by atoms with Gasteiger partial charge in [-0.3, -0.25) is 0 Å². The first-order valence-electron chi connectivity index (χ1n) is 9.46. The lowest BCUT2D eigenvalue weighted by molar-refractivity contribution is -0.131. The zero-order valence-electron chi connectivity index (χ0n) is 15.9. The summed E-state index contributed by atoms with van der Waals surface area (Å²) < 4.78 is 46.8. The molecule has 0 radical (unpaired) electrons. The molecule has 2 aromatic carbocycles. The number of ether oxygens (including phenoxy) is 1. The molecule has 0 atom stereocenters. The molecule has 0 unspecified atom stereocenters. The number of halogens is 3. The number of nitrogens with zero attached hydrogens (tertiary/aromatic N) is 1. The molecule has 0 saturated heterocycles. The van der Waals surface area contributed by atoms with E-state index >= 15 is 0 Å². The highest BCUT2D eigenvalue weighted by molar-refractivity contribution is 5.94. The van der Waals surface area contributed by atoms with Gasteiger partial charge in [0.1, 0.15) is 17.6 Å². The standard InChI is InChI=1S/C23H20F3NO2/c1-14-2-4-15(5-3-14)16-6-8-17(9-7-16)21(25)22(26)23(28)29-19-11-10-18(13-27)20(24)12-19/h6-12,14-15H,2-5H2,1H3. The molecule has 0 spiro atoms. The quantitative estimate of drug-likeness (QED) is 0.349. The summed E-state index contributed by atoms with van der Waals surface area (Å²) in [6.07, 6.45) is 4.44. The molecule has 0 aromatic heterocycles. The van der Waals surface area contributed by atoms with Crippen LogP contribution in [0, 0.1) is 23.1 Å². The van der Waals surface area contributed by atoms with Crippen LogP contribution in [0.4, 0.5) is 13.2 Å². The van der Waals surface area contributed by atoms with Crippen LogP contribution in [-0.4, -0.2) is 5.97 Å². The average molecular weight is 399 g/mol. The molecule has 0 aliphatic heterocycles. The van der Waals surface area contributed by atoms with Crippen molar-refractivity contribution in [2.75, 3.05) is 0 Å². The first-order valence-corrected chi connectivity index (χ1v) is 9.46. The van der Waals surface area contributed by atoms with Crippen molar-refractivity contribution in [2.24, 2.45) is 5.92 Å². The Morgan fingerprint density at radius 2 is 1.72 bits per heavy atom. The maximum absolute atomic E-state index is 14.4. The van der Waals surface area contributed by atoms with Gasteiger partial charge in [-0.15, -0.1) is 0 Å². The van der Waals surface area contributed by atoms with Crippen LogP contribution >= 0.6 is 0 Å². The van der Waals surface area contributed by atoms with Crippen LogP contribution in [-0.2, 0) is 4.79 Å². The molecule has 1 aliphatic rings.